The molecule has 2 N–H and O–H groups in total. The number of nitrogens with one attached hydrogen (secondary N) is 1. The highest BCUT2D eigenvalue weighted by molar-refractivity contribution is 9.10. The van der Waals surface area contributed by atoms with Gasteiger partial charge in [-0.3, -0.25) is 14.9 Å². The highest BCUT2D eigenvalue weighted by Gasteiger charge is 2.21. The number of nitrogens with zero attached hydrogens (tertiary/aromatic N) is 1. The first kappa shape index (κ1) is 16.1. The second kappa shape index (κ2) is 6.99. The second-order valence-corrected chi connectivity index (χ2v) is 4.93. The van der Waals surface area contributed by atoms with E-state index in [0.717, 1.165) is 6.07 Å². The van der Waals surface area contributed by atoms with E-state index < -0.39 is 22.8 Å². The van der Waals surface area contributed by atoms with Crippen LogP contribution in [0.5, 0.6) is 0 Å². The first-order valence-corrected chi connectivity index (χ1v) is 6.63. The molecule has 0 aliphatic heterocycles. The minimum Gasteiger partial charge on any atom is -0.480 e. The largest absolute Gasteiger partial charge is 0.480 e. The molecule has 0 saturated carbocycles. The average molecular weight is 345 g/mol. The fraction of sp³-hybridized carbons (Fsp3) is 0.333. The number of benzene rings is 1. The van der Waals surface area contributed by atoms with Crippen LogP contribution >= 0.6 is 15.9 Å². The van der Waals surface area contributed by atoms with Crippen molar-refractivity contribution in [2.45, 2.75) is 25.8 Å². The highest BCUT2D eigenvalue weighted by Crippen LogP contribution is 2.25. The number of aliphatic carboxylic acids is 1. The lowest BCUT2D eigenvalue weighted by molar-refractivity contribution is -0.385. The molecule has 0 bridgehead atoms. The van der Waals surface area contributed by atoms with Crippen LogP contribution in [-0.2, 0) is 4.79 Å². The summed E-state index contributed by atoms with van der Waals surface area (Å²) in [5, 5.41) is 22.1. The smallest absolute Gasteiger partial charge is 0.326 e. The van der Waals surface area contributed by atoms with Gasteiger partial charge in [0.2, 0.25) is 0 Å². The molecule has 0 heterocycles. The zero-order valence-electron chi connectivity index (χ0n) is 10.6. The summed E-state index contributed by atoms with van der Waals surface area (Å²) >= 11 is 3.01. The first-order chi connectivity index (χ1) is 9.36. The second-order valence-electron chi connectivity index (χ2n) is 4.08. The third-order valence-corrected chi connectivity index (χ3v) is 3.26. The first-order valence-electron chi connectivity index (χ1n) is 5.84. The number of rotatable bonds is 6. The lowest BCUT2D eigenvalue weighted by Gasteiger charge is -2.13. The molecule has 1 aromatic carbocycles. The summed E-state index contributed by atoms with van der Waals surface area (Å²) in [6.07, 6.45) is 0.886. The molecule has 0 aromatic heterocycles. The molecule has 108 valence electrons. The fourth-order valence-corrected chi connectivity index (χ4v) is 1.97. The average Bonchev–Trinajstić information content (AvgIpc) is 2.38. The van der Waals surface area contributed by atoms with Crippen LogP contribution in [0.1, 0.15) is 30.1 Å². The van der Waals surface area contributed by atoms with Crippen molar-refractivity contribution in [2.75, 3.05) is 0 Å². The quantitative estimate of drug-likeness (QED) is 0.607. The van der Waals surface area contributed by atoms with Crippen LogP contribution in [0.3, 0.4) is 0 Å². The Morgan fingerprint density at radius 3 is 2.65 bits per heavy atom. The minimum absolute atomic E-state index is 0.0438. The number of nitro benzene ring substituents is 1. The molecular weight excluding hydrogens is 332 g/mol. The van der Waals surface area contributed by atoms with E-state index in [2.05, 4.69) is 21.2 Å². The molecule has 1 aromatic rings. The van der Waals surface area contributed by atoms with Crippen molar-refractivity contribution in [3.63, 3.8) is 0 Å². The van der Waals surface area contributed by atoms with Gasteiger partial charge in [0.05, 0.1) is 9.40 Å². The van der Waals surface area contributed by atoms with Crippen molar-refractivity contribution in [1.29, 1.82) is 0 Å². The van der Waals surface area contributed by atoms with E-state index in [-0.39, 0.29) is 15.7 Å². The molecule has 0 fully saturated rings. The molecule has 8 heteroatoms. The number of carboxylic acids is 1. The normalized spacial score (nSPS) is 11.7. The predicted octanol–water partition coefficient (Wildman–Crippen LogP) is 2.34. The Balaban J connectivity index is 2.95. The summed E-state index contributed by atoms with van der Waals surface area (Å²) in [6.45, 7) is 1.80. The maximum absolute atomic E-state index is 11.9. The molecule has 1 amide bonds. The van der Waals surface area contributed by atoms with E-state index in [1.165, 1.54) is 12.1 Å². The molecule has 1 rings (SSSR count). The molecule has 1 atom stereocenters. The molecular formula is C12H13BrN2O5. The molecule has 20 heavy (non-hydrogen) atoms. The lowest BCUT2D eigenvalue weighted by atomic mass is 10.1. The van der Waals surface area contributed by atoms with Gasteiger partial charge in [0.1, 0.15) is 6.04 Å². The third kappa shape index (κ3) is 4.02. The summed E-state index contributed by atoms with van der Waals surface area (Å²) in [5.41, 5.74) is -0.206. The van der Waals surface area contributed by atoms with E-state index in [1.54, 1.807) is 6.92 Å². The van der Waals surface area contributed by atoms with Gasteiger partial charge >= 0.3 is 5.97 Å². The van der Waals surface area contributed by atoms with E-state index in [4.69, 9.17) is 5.11 Å². The summed E-state index contributed by atoms with van der Waals surface area (Å²) < 4.78 is 0.252. The Kier molecular flexibility index (Phi) is 5.63. The Morgan fingerprint density at radius 1 is 1.50 bits per heavy atom. The Labute approximate surface area is 123 Å². The van der Waals surface area contributed by atoms with Gasteiger partial charge in [0.15, 0.2) is 0 Å². The Bertz CT molecular complexity index is 547. The molecule has 7 nitrogen and oxygen atoms in total. The highest BCUT2D eigenvalue weighted by atomic mass is 79.9. The fourth-order valence-electron chi connectivity index (χ4n) is 1.58. The molecule has 0 aliphatic rings. The van der Waals surface area contributed by atoms with Crippen LogP contribution < -0.4 is 5.32 Å². The van der Waals surface area contributed by atoms with E-state index in [0.29, 0.717) is 12.8 Å². The lowest BCUT2D eigenvalue weighted by Crippen LogP contribution is -2.40. The minimum atomic E-state index is -1.13. The van der Waals surface area contributed by atoms with Gasteiger partial charge in [-0.25, -0.2) is 4.79 Å². The molecule has 1 unspecified atom stereocenters. The molecule has 0 spiro atoms. The van der Waals surface area contributed by atoms with Crippen LogP contribution in [0.4, 0.5) is 5.69 Å². The standard InChI is InChI=1S/C12H13BrN2O5/c1-2-3-9(12(17)18)14-11(16)7-4-5-8(13)10(6-7)15(19)20/h4-6,9H,2-3H2,1H3,(H,14,16)(H,17,18). The summed E-state index contributed by atoms with van der Waals surface area (Å²) in [7, 11) is 0. The maximum Gasteiger partial charge on any atom is 0.326 e. The third-order valence-electron chi connectivity index (χ3n) is 2.59. The van der Waals surface area contributed by atoms with Crippen LogP contribution in [-0.4, -0.2) is 27.9 Å². The van der Waals surface area contributed by atoms with Crippen molar-refractivity contribution in [2.24, 2.45) is 0 Å². The molecule has 0 aliphatic carbocycles. The van der Waals surface area contributed by atoms with Crippen molar-refractivity contribution in [3.05, 3.63) is 38.3 Å². The molecule has 0 radical (unpaired) electrons. The Hall–Kier alpha value is -1.96. The topological polar surface area (TPSA) is 110 Å². The van der Waals surface area contributed by atoms with Gasteiger partial charge in [-0.1, -0.05) is 13.3 Å². The number of amides is 1. The van der Waals surface area contributed by atoms with Crippen LogP contribution in [0.15, 0.2) is 22.7 Å². The van der Waals surface area contributed by atoms with Crippen molar-refractivity contribution >= 4 is 33.5 Å². The van der Waals surface area contributed by atoms with E-state index >= 15 is 0 Å². The Morgan fingerprint density at radius 2 is 2.15 bits per heavy atom. The van der Waals surface area contributed by atoms with Crippen molar-refractivity contribution < 1.29 is 19.6 Å². The van der Waals surface area contributed by atoms with Crippen LogP contribution in [0.25, 0.3) is 0 Å². The zero-order valence-corrected chi connectivity index (χ0v) is 12.2. The van der Waals surface area contributed by atoms with Gasteiger partial charge in [0, 0.05) is 11.6 Å². The number of halogens is 1. The van der Waals surface area contributed by atoms with Gasteiger partial charge in [-0.2, -0.15) is 0 Å². The van der Waals surface area contributed by atoms with Gasteiger partial charge < -0.3 is 10.4 Å². The number of carbonyl (C=O) groups is 2. The number of hydrogen-bond acceptors (Lipinski definition) is 4. The number of hydrogen-bond donors (Lipinski definition) is 2. The van der Waals surface area contributed by atoms with Crippen LogP contribution in [0, 0.1) is 10.1 Å². The van der Waals surface area contributed by atoms with Gasteiger partial charge in [-0.05, 0) is 34.5 Å². The van der Waals surface area contributed by atoms with Gasteiger partial charge in [0.25, 0.3) is 11.6 Å². The van der Waals surface area contributed by atoms with Crippen LogP contribution in [0.2, 0.25) is 0 Å². The summed E-state index contributed by atoms with van der Waals surface area (Å²) in [5.74, 6) is -1.78. The number of carbonyl (C=O) groups excluding carboxylic acids is 1. The molecule has 0 saturated heterocycles. The van der Waals surface area contributed by atoms with E-state index in [1.807, 2.05) is 0 Å². The zero-order chi connectivity index (χ0) is 15.3. The van der Waals surface area contributed by atoms with Crippen molar-refractivity contribution in [3.8, 4) is 0 Å². The van der Waals surface area contributed by atoms with Crippen molar-refractivity contribution in [1.82, 2.24) is 5.32 Å². The van der Waals surface area contributed by atoms with E-state index in [9.17, 15) is 19.7 Å². The number of carboxylic acid groups (broad SMARTS) is 1. The summed E-state index contributed by atoms with van der Waals surface area (Å²) in [4.78, 5) is 33.0. The predicted molar refractivity (Wildman–Crippen MR) is 74.6 cm³/mol. The number of nitro groups is 1. The maximum atomic E-state index is 11.9. The SMILES string of the molecule is CCCC(NC(=O)c1ccc(Br)c([N+](=O)[O-])c1)C(=O)O. The monoisotopic (exact) mass is 344 g/mol. The summed E-state index contributed by atoms with van der Waals surface area (Å²) in [6, 6.07) is 2.86. The van der Waals surface area contributed by atoms with Gasteiger partial charge in [-0.15, -0.1) is 0 Å².